The van der Waals surface area contributed by atoms with Gasteiger partial charge in [0.1, 0.15) is 30.0 Å². The van der Waals surface area contributed by atoms with E-state index in [0.717, 1.165) is 0 Å². The predicted octanol–water partition coefficient (Wildman–Crippen LogP) is 1.69. The van der Waals surface area contributed by atoms with Gasteiger partial charge in [0.25, 0.3) is 5.91 Å². The number of ether oxygens (including phenoxy) is 2. The van der Waals surface area contributed by atoms with Crippen LogP contribution in [0.15, 0.2) is 53.4 Å². The van der Waals surface area contributed by atoms with Crippen molar-refractivity contribution >= 4 is 21.8 Å². The van der Waals surface area contributed by atoms with Crippen LogP contribution < -0.4 is 25.6 Å². The maximum Gasteiger partial charge on any atom is 0.404 e. The Morgan fingerprint density at radius 2 is 1.66 bits per heavy atom. The molecule has 2 aromatic carbocycles. The number of carboxylic acid groups (broad SMARTS) is 1. The zero-order valence-electron chi connectivity index (χ0n) is 19.0. The first-order valence-electron chi connectivity index (χ1n) is 10.5. The first-order valence-corrected chi connectivity index (χ1v) is 12.1. The standard InChI is InChI=1S/C23H27N3O8S/c1-2-3-14-33-19-9-11-20(12-10-19)35(31,32)16-25-21(22(27)26-30)17-5-7-18(8-6-17)34-15-4-13-24-23(28)29/h5-12,21,24-25,30H,4,13-16H2,1H3,(H,26,27)(H,28,29). The van der Waals surface area contributed by atoms with Crippen molar-refractivity contribution in [1.82, 2.24) is 16.1 Å². The Bertz CT molecular complexity index is 1140. The Balaban J connectivity index is 2.00. The second kappa shape index (κ2) is 13.8. The van der Waals surface area contributed by atoms with E-state index in [1.54, 1.807) is 31.2 Å². The lowest BCUT2D eigenvalue weighted by Crippen LogP contribution is -2.38. The number of carbonyl (C=O) groups excluding carboxylic acids is 1. The lowest BCUT2D eigenvalue weighted by Gasteiger charge is -2.18. The molecule has 0 aromatic heterocycles. The molecule has 11 nitrogen and oxygen atoms in total. The van der Waals surface area contributed by atoms with Crippen LogP contribution in [0.5, 0.6) is 11.5 Å². The van der Waals surface area contributed by atoms with Crippen LogP contribution in [0.4, 0.5) is 4.79 Å². The van der Waals surface area contributed by atoms with Gasteiger partial charge in [-0.15, -0.1) is 5.92 Å². The minimum atomic E-state index is -3.81. The van der Waals surface area contributed by atoms with Crippen molar-refractivity contribution in [3.05, 3.63) is 54.1 Å². The van der Waals surface area contributed by atoms with E-state index in [-0.39, 0.29) is 24.7 Å². The fraction of sp³-hybridized carbons (Fsp3) is 0.304. The molecule has 12 heteroatoms. The molecule has 0 saturated heterocycles. The predicted molar refractivity (Wildman–Crippen MR) is 126 cm³/mol. The van der Waals surface area contributed by atoms with E-state index in [0.29, 0.717) is 23.5 Å². The second-order valence-electron chi connectivity index (χ2n) is 7.06. The van der Waals surface area contributed by atoms with Crippen LogP contribution in [-0.4, -0.2) is 56.4 Å². The van der Waals surface area contributed by atoms with Gasteiger partial charge in [0.2, 0.25) is 0 Å². The normalized spacial score (nSPS) is 11.5. The summed E-state index contributed by atoms with van der Waals surface area (Å²) >= 11 is 0. The highest BCUT2D eigenvalue weighted by Crippen LogP contribution is 2.21. The number of nitrogens with one attached hydrogen (secondary N) is 3. The third-order valence-electron chi connectivity index (χ3n) is 4.60. The van der Waals surface area contributed by atoms with Gasteiger partial charge >= 0.3 is 6.09 Å². The van der Waals surface area contributed by atoms with E-state index >= 15 is 0 Å². The largest absolute Gasteiger partial charge is 0.494 e. The van der Waals surface area contributed by atoms with Gasteiger partial charge in [-0.25, -0.2) is 18.7 Å². The average molecular weight is 506 g/mol. The molecule has 0 aliphatic heterocycles. The van der Waals surface area contributed by atoms with Crippen LogP contribution in [0, 0.1) is 11.8 Å². The molecule has 1 unspecified atom stereocenters. The fourth-order valence-corrected chi connectivity index (χ4v) is 3.96. The van der Waals surface area contributed by atoms with Crippen LogP contribution in [0.2, 0.25) is 0 Å². The first kappa shape index (κ1) is 27.5. The van der Waals surface area contributed by atoms with E-state index in [4.69, 9.17) is 19.8 Å². The van der Waals surface area contributed by atoms with Gasteiger partial charge in [-0.2, -0.15) is 0 Å². The second-order valence-corrected chi connectivity index (χ2v) is 9.05. The number of hydrogen-bond acceptors (Lipinski definition) is 8. The third-order valence-corrected chi connectivity index (χ3v) is 6.14. The topological polar surface area (TPSA) is 163 Å². The summed E-state index contributed by atoms with van der Waals surface area (Å²) in [5, 5.41) is 22.5. The zero-order valence-corrected chi connectivity index (χ0v) is 19.8. The number of benzene rings is 2. The molecule has 0 saturated carbocycles. The molecule has 35 heavy (non-hydrogen) atoms. The summed E-state index contributed by atoms with van der Waals surface area (Å²) in [5.74, 6) is 4.97. The van der Waals surface area contributed by atoms with Gasteiger partial charge in [0, 0.05) is 6.54 Å². The summed E-state index contributed by atoms with van der Waals surface area (Å²) in [6.45, 7) is 2.39. The summed E-state index contributed by atoms with van der Waals surface area (Å²) in [6, 6.07) is 10.9. The average Bonchev–Trinajstić information content (AvgIpc) is 2.85. The molecule has 0 heterocycles. The summed E-state index contributed by atoms with van der Waals surface area (Å²) in [5.41, 5.74) is 1.93. The van der Waals surface area contributed by atoms with Crippen molar-refractivity contribution in [2.75, 3.05) is 25.6 Å². The molecule has 2 rings (SSSR count). The highest BCUT2D eigenvalue weighted by molar-refractivity contribution is 7.91. The van der Waals surface area contributed by atoms with Crippen LogP contribution in [-0.2, 0) is 14.6 Å². The highest BCUT2D eigenvalue weighted by atomic mass is 32.2. The Kier molecular flexibility index (Phi) is 10.8. The smallest absolute Gasteiger partial charge is 0.404 e. The van der Waals surface area contributed by atoms with Gasteiger partial charge in [-0.3, -0.25) is 15.3 Å². The quantitative estimate of drug-likeness (QED) is 0.118. The van der Waals surface area contributed by atoms with Gasteiger partial charge in [0.05, 0.1) is 11.5 Å². The fourth-order valence-electron chi connectivity index (χ4n) is 2.85. The number of hydroxylamine groups is 1. The molecular weight excluding hydrogens is 478 g/mol. The van der Waals surface area contributed by atoms with Gasteiger partial charge in [-0.05, 0) is 55.3 Å². The molecule has 0 bridgehead atoms. The lowest BCUT2D eigenvalue weighted by atomic mass is 10.1. The lowest BCUT2D eigenvalue weighted by molar-refractivity contribution is -0.131. The Hall–Kier alpha value is -3.79. The van der Waals surface area contributed by atoms with Crippen molar-refractivity contribution in [2.45, 2.75) is 24.3 Å². The number of rotatable bonds is 13. The van der Waals surface area contributed by atoms with Crippen LogP contribution in [0.25, 0.3) is 0 Å². The van der Waals surface area contributed by atoms with Crippen molar-refractivity contribution in [2.24, 2.45) is 0 Å². The van der Waals surface area contributed by atoms with Crippen molar-refractivity contribution in [3.63, 3.8) is 0 Å². The molecule has 0 spiro atoms. The maximum atomic E-state index is 12.7. The molecule has 2 aromatic rings. The molecule has 0 radical (unpaired) electrons. The number of amides is 2. The van der Waals surface area contributed by atoms with Crippen LogP contribution in [0.1, 0.15) is 24.9 Å². The molecule has 0 aliphatic carbocycles. The minimum absolute atomic E-state index is 0.0308. The van der Waals surface area contributed by atoms with E-state index in [9.17, 15) is 18.0 Å². The molecule has 5 N–H and O–H groups in total. The van der Waals surface area contributed by atoms with Gasteiger partial charge in [0.15, 0.2) is 9.84 Å². The molecule has 0 fully saturated rings. The minimum Gasteiger partial charge on any atom is -0.494 e. The number of sulfone groups is 1. The molecule has 0 aliphatic rings. The Labute approximate surface area is 203 Å². The van der Waals surface area contributed by atoms with Crippen molar-refractivity contribution in [3.8, 4) is 23.3 Å². The SMILES string of the molecule is CC#CCOc1ccc(S(=O)(=O)CNC(C(=O)NO)c2ccc(OCCCNC(=O)O)cc2)cc1. The summed E-state index contributed by atoms with van der Waals surface area (Å²) < 4.78 is 36.3. The third kappa shape index (κ3) is 9.17. The van der Waals surface area contributed by atoms with Crippen LogP contribution in [0.3, 0.4) is 0 Å². The summed E-state index contributed by atoms with van der Waals surface area (Å²) in [4.78, 5) is 22.6. The molecule has 1 atom stereocenters. The van der Waals surface area contributed by atoms with Crippen LogP contribution >= 0.6 is 0 Å². The number of carbonyl (C=O) groups is 2. The first-order chi connectivity index (χ1) is 16.8. The van der Waals surface area contributed by atoms with Crippen molar-refractivity contribution in [1.29, 1.82) is 0 Å². The summed E-state index contributed by atoms with van der Waals surface area (Å²) in [7, 11) is -3.81. The summed E-state index contributed by atoms with van der Waals surface area (Å²) in [6.07, 6.45) is -0.649. The van der Waals surface area contributed by atoms with E-state index in [1.165, 1.54) is 29.7 Å². The van der Waals surface area contributed by atoms with E-state index in [2.05, 4.69) is 22.5 Å². The zero-order chi connectivity index (χ0) is 25.7. The highest BCUT2D eigenvalue weighted by Gasteiger charge is 2.24. The molecule has 2 amide bonds. The number of hydrogen-bond donors (Lipinski definition) is 5. The monoisotopic (exact) mass is 505 g/mol. The van der Waals surface area contributed by atoms with Crippen molar-refractivity contribution < 1.29 is 37.8 Å². The molecular formula is C23H27N3O8S. The van der Waals surface area contributed by atoms with E-state index < -0.39 is 33.8 Å². The van der Waals surface area contributed by atoms with Gasteiger partial charge in [-0.1, -0.05) is 18.1 Å². The Morgan fingerprint density at radius 3 is 2.26 bits per heavy atom. The maximum absolute atomic E-state index is 12.7. The van der Waals surface area contributed by atoms with Gasteiger partial charge < -0.3 is 19.9 Å². The molecule has 188 valence electrons. The van der Waals surface area contributed by atoms with E-state index in [1.807, 2.05) is 0 Å². The Morgan fingerprint density at radius 1 is 1.03 bits per heavy atom.